The molecule has 0 aliphatic rings. The highest BCUT2D eigenvalue weighted by Gasteiger charge is 2.32. The lowest BCUT2D eigenvalue weighted by atomic mass is 9.76. The number of benzene rings is 1. The molecule has 0 amide bonds. The number of hydrogen-bond donors (Lipinski definition) is 1. The van der Waals surface area contributed by atoms with Crippen molar-refractivity contribution in [2.45, 2.75) is 26.7 Å². The third-order valence-corrected chi connectivity index (χ3v) is 4.77. The van der Waals surface area contributed by atoms with Gasteiger partial charge in [0.2, 0.25) is 5.95 Å². The second-order valence-electron chi connectivity index (χ2n) is 8.11. The molecular weight excluding hydrogens is 366 g/mol. The van der Waals surface area contributed by atoms with Gasteiger partial charge in [-0.15, -0.1) is 0 Å². The molecule has 0 bridgehead atoms. The van der Waals surface area contributed by atoms with Gasteiger partial charge in [-0.25, -0.2) is 9.97 Å². The SMILES string of the molecule is Cn1cc(-c2nc([C@H](c3ccc(-c4cnc(N)nc4)cc3)C(C)(C)C)no2)cn1. The third kappa shape index (κ3) is 3.87. The molecule has 29 heavy (non-hydrogen) atoms. The maximum absolute atomic E-state index is 5.58. The van der Waals surface area contributed by atoms with Gasteiger partial charge in [0.05, 0.1) is 17.7 Å². The van der Waals surface area contributed by atoms with Crippen LogP contribution >= 0.6 is 0 Å². The Hall–Kier alpha value is -3.55. The number of aryl methyl sites for hydroxylation is 1. The summed E-state index contributed by atoms with van der Waals surface area (Å²) in [4.78, 5) is 12.8. The van der Waals surface area contributed by atoms with E-state index in [0.29, 0.717) is 11.7 Å². The topological polar surface area (TPSA) is 109 Å². The molecule has 0 unspecified atom stereocenters. The fourth-order valence-corrected chi connectivity index (χ4v) is 3.39. The first-order valence-electron chi connectivity index (χ1n) is 9.32. The molecule has 1 aromatic carbocycles. The van der Waals surface area contributed by atoms with E-state index in [1.54, 1.807) is 23.3 Å². The molecule has 0 spiro atoms. The maximum atomic E-state index is 5.58. The van der Waals surface area contributed by atoms with Gasteiger partial charge in [0, 0.05) is 31.2 Å². The van der Waals surface area contributed by atoms with Crippen LogP contribution in [0.4, 0.5) is 5.95 Å². The fraction of sp³-hybridized carbons (Fsp3) is 0.286. The Bertz CT molecular complexity index is 1110. The van der Waals surface area contributed by atoms with Crippen LogP contribution in [0.1, 0.15) is 38.1 Å². The summed E-state index contributed by atoms with van der Waals surface area (Å²) in [7, 11) is 1.85. The first-order chi connectivity index (χ1) is 13.8. The molecule has 4 rings (SSSR count). The second-order valence-corrected chi connectivity index (χ2v) is 8.11. The molecule has 148 valence electrons. The molecule has 4 aromatic rings. The molecular formula is C21H23N7O. The van der Waals surface area contributed by atoms with Crippen LogP contribution in [-0.2, 0) is 7.05 Å². The van der Waals surface area contributed by atoms with Crippen molar-refractivity contribution in [2.75, 3.05) is 5.73 Å². The van der Waals surface area contributed by atoms with Crippen LogP contribution in [0.2, 0.25) is 0 Å². The van der Waals surface area contributed by atoms with Crippen LogP contribution in [0.15, 0.2) is 53.6 Å². The van der Waals surface area contributed by atoms with Crippen LogP contribution in [0.25, 0.3) is 22.6 Å². The van der Waals surface area contributed by atoms with Crippen LogP contribution in [0.3, 0.4) is 0 Å². The van der Waals surface area contributed by atoms with Crippen molar-refractivity contribution in [1.29, 1.82) is 0 Å². The van der Waals surface area contributed by atoms with Crippen LogP contribution in [-0.4, -0.2) is 29.9 Å². The Morgan fingerprint density at radius 2 is 1.66 bits per heavy atom. The molecule has 0 aliphatic carbocycles. The summed E-state index contributed by atoms with van der Waals surface area (Å²) >= 11 is 0. The Morgan fingerprint density at radius 1 is 0.966 bits per heavy atom. The molecule has 1 atom stereocenters. The van der Waals surface area contributed by atoms with Crippen LogP contribution in [0.5, 0.6) is 0 Å². The molecule has 0 aliphatic heterocycles. The lowest BCUT2D eigenvalue weighted by Crippen LogP contribution is -2.21. The van der Waals surface area contributed by atoms with Gasteiger partial charge in [0.25, 0.3) is 5.89 Å². The normalized spacial score (nSPS) is 12.8. The Kier molecular flexibility index (Phi) is 4.62. The molecule has 8 heteroatoms. The number of anilines is 1. The minimum absolute atomic E-state index is 0.0339. The van der Waals surface area contributed by atoms with Gasteiger partial charge in [-0.05, 0) is 16.5 Å². The summed E-state index contributed by atoms with van der Waals surface area (Å²) in [5.41, 5.74) is 9.31. The van der Waals surface area contributed by atoms with Gasteiger partial charge < -0.3 is 10.3 Å². The van der Waals surface area contributed by atoms with Gasteiger partial charge in [0.1, 0.15) is 0 Å². The predicted octanol–water partition coefficient (Wildman–Crippen LogP) is 3.69. The zero-order valence-electron chi connectivity index (χ0n) is 16.9. The maximum Gasteiger partial charge on any atom is 0.261 e. The summed E-state index contributed by atoms with van der Waals surface area (Å²) < 4.78 is 7.23. The smallest absolute Gasteiger partial charge is 0.261 e. The van der Waals surface area contributed by atoms with Crippen molar-refractivity contribution in [2.24, 2.45) is 12.5 Å². The summed E-state index contributed by atoms with van der Waals surface area (Å²) in [6, 6.07) is 8.26. The Balaban J connectivity index is 1.67. The Labute approximate surface area is 168 Å². The largest absolute Gasteiger partial charge is 0.368 e. The lowest BCUT2D eigenvalue weighted by molar-refractivity contribution is 0.332. The standard InChI is InChI=1S/C21H23N7O/c1-21(2,3)17(18-26-19(29-27-18)16-11-25-28(4)12-16)14-7-5-13(6-8-14)15-9-23-20(22)24-10-15/h5-12,17H,1-4H3,(H2,22,23,24)/t17-/m0/s1. The van der Waals surface area contributed by atoms with Crippen molar-refractivity contribution in [3.8, 4) is 22.6 Å². The monoisotopic (exact) mass is 389 g/mol. The molecule has 2 N–H and O–H groups in total. The highest BCUT2D eigenvalue weighted by Crippen LogP contribution is 2.40. The molecule has 3 heterocycles. The average Bonchev–Trinajstić information content (AvgIpc) is 3.31. The van der Waals surface area contributed by atoms with E-state index in [1.807, 2.05) is 25.4 Å². The summed E-state index contributed by atoms with van der Waals surface area (Å²) in [6.07, 6.45) is 7.01. The van der Waals surface area contributed by atoms with E-state index in [1.165, 1.54) is 0 Å². The average molecular weight is 389 g/mol. The van der Waals surface area contributed by atoms with Crippen LogP contribution < -0.4 is 5.73 Å². The van der Waals surface area contributed by atoms with E-state index in [9.17, 15) is 0 Å². The second kappa shape index (κ2) is 7.12. The molecule has 8 nitrogen and oxygen atoms in total. The molecule has 3 aromatic heterocycles. The van der Waals surface area contributed by atoms with Crippen LogP contribution in [0, 0.1) is 5.41 Å². The number of nitrogens with two attached hydrogens (primary N) is 1. The zero-order chi connectivity index (χ0) is 20.6. The molecule has 0 fully saturated rings. The van der Waals surface area contributed by atoms with Gasteiger partial charge >= 0.3 is 0 Å². The highest BCUT2D eigenvalue weighted by molar-refractivity contribution is 5.62. The van der Waals surface area contributed by atoms with E-state index in [2.05, 4.69) is 58.1 Å². The van der Waals surface area contributed by atoms with E-state index < -0.39 is 0 Å². The summed E-state index contributed by atoms with van der Waals surface area (Å²) in [5, 5.41) is 8.45. The first kappa shape index (κ1) is 18.8. The Morgan fingerprint density at radius 3 is 2.24 bits per heavy atom. The van der Waals surface area contributed by atoms with Gasteiger partial charge in [0.15, 0.2) is 5.82 Å². The minimum Gasteiger partial charge on any atom is -0.368 e. The fourth-order valence-electron chi connectivity index (χ4n) is 3.39. The highest BCUT2D eigenvalue weighted by atomic mass is 16.5. The number of rotatable bonds is 4. The molecule has 0 saturated heterocycles. The molecule has 0 radical (unpaired) electrons. The van der Waals surface area contributed by atoms with Crippen molar-refractivity contribution >= 4 is 5.95 Å². The van der Waals surface area contributed by atoms with E-state index >= 15 is 0 Å². The minimum atomic E-state index is -0.109. The van der Waals surface area contributed by atoms with Gasteiger partial charge in [-0.1, -0.05) is 50.2 Å². The third-order valence-electron chi connectivity index (χ3n) is 4.77. The lowest BCUT2D eigenvalue weighted by Gasteiger charge is -2.28. The van der Waals surface area contributed by atoms with Gasteiger partial charge in [-0.3, -0.25) is 4.68 Å². The van der Waals surface area contributed by atoms with Gasteiger partial charge in [-0.2, -0.15) is 10.1 Å². The molecule has 0 saturated carbocycles. The quantitative estimate of drug-likeness (QED) is 0.567. The van der Waals surface area contributed by atoms with Crippen molar-refractivity contribution < 1.29 is 4.52 Å². The summed E-state index contributed by atoms with van der Waals surface area (Å²) in [5.74, 6) is 1.35. The van der Waals surface area contributed by atoms with E-state index in [0.717, 1.165) is 22.3 Å². The van der Waals surface area contributed by atoms with Crippen molar-refractivity contribution in [3.63, 3.8) is 0 Å². The number of nitrogens with zero attached hydrogens (tertiary/aromatic N) is 6. The number of aromatic nitrogens is 6. The van der Waals surface area contributed by atoms with Crippen molar-refractivity contribution in [3.05, 3.63) is 60.4 Å². The summed E-state index contributed by atoms with van der Waals surface area (Å²) in [6.45, 7) is 6.50. The van der Waals surface area contributed by atoms with Crippen molar-refractivity contribution in [1.82, 2.24) is 29.9 Å². The van der Waals surface area contributed by atoms with E-state index in [-0.39, 0.29) is 17.3 Å². The predicted molar refractivity (Wildman–Crippen MR) is 110 cm³/mol. The zero-order valence-corrected chi connectivity index (χ0v) is 16.9. The first-order valence-corrected chi connectivity index (χ1v) is 9.32. The number of hydrogen-bond acceptors (Lipinski definition) is 7. The number of nitrogen functional groups attached to an aromatic ring is 1. The van der Waals surface area contributed by atoms with E-state index in [4.69, 9.17) is 10.3 Å².